The van der Waals surface area contributed by atoms with E-state index in [0.717, 1.165) is 0 Å². The Hall–Kier alpha value is -0.620. The topological polar surface area (TPSA) is 89.3 Å². The quantitative estimate of drug-likeness (QED) is 0.648. The molecule has 0 aromatic carbocycles. The molecule has 1 amide bonds. The number of rotatable bonds is 4. The zero-order valence-corrected chi connectivity index (χ0v) is 8.94. The lowest BCUT2D eigenvalue weighted by molar-refractivity contribution is -0.116. The molecule has 0 aromatic heterocycles. The van der Waals surface area contributed by atoms with Crippen LogP contribution in [0.25, 0.3) is 0 Å². The molecule has 0 aromatic rings. The number of sulfonamides is 1. The van der Waals surface area contributed by atoms with E-state index in [9.17, 15) is 13.2 Å². The van der Waals surface area contributed by atoms with Gasteiger partial charge in [0, 0.05) is 0 Å². The molecule has 0 saturated carbocycles. The summed E-state index contributed by atoms with van der Waals surface area (Å²) in [5, 5.41) is 0. The van der Waals surface area contributed by atoms with E-state index in [0.29, 0.717) is 0 Å². The summed E-state index contributed by atoms with van der Waals surface area (Å²) in [4.78, 5) is 10.3. The van der Waals surface area contributed by atoms with E-state index in [1.807, 2.05) is 0 Å². The molecule has 0 unspecified atom stereocenters. The largest absolute Gasteiger partial charge is 0.369 e. The predicted octanol–water partition coefficient (Wildman–Crippen LogP) is -0.563. The molecule has 13 heavy (non-hydrogen) atoms. The smallest absolute Gasteiger partial charge is 0.232 e. The normalized spacial score (nSPS) is 12.8. The maximum Gasteiger partial charge on any atom is 0.232 e. The summed E-state index contributed by atoms with van der Waals surface area (Å²) in [5.41, 5.74) is 4.47. The Morgan fingerprint density at radius 3 is 2.15 bits per heavy atom. The van der Waals surface area contributed by atoms with Crippen molar-refractivity contribution in [3.05, 3.63) is 0 Å². The van der Waals surface area contributed by atoms with E-state index in [1.54, 1.807) is 20.8 Å². The highest BCUT2D eigenvalue weighted by Gasteiger charge is 2.21. The SMILES string of the molecule is CC(C)(C)CS(=O)(=O)NCC(N)=O. The molecule has 5 nitrogen and oxygen atoms in total. The Morgan fingerprint density at radius 1 is 1.38 bits per heavy atom. The van der Waals surface area contributed by atoms with Gasteiger partial charge in [0.1, 0.15) is 0 Å². The van der Waals surface area contributed by atoms with Crippen molar-refractivity contribution in [3.8, 4) is 0 Å². The molecule has 0 radical (unpaired) electrons. The average molecular weight is 208 g/mol. The van der Waals surface area contributed by atoms with E-state index in [-0.39, 0.29) is 17.7 Å². The van der Waals surface area contributed by atoms with Crippen molar-refractivity contribution >= 4 is 15.9 Å². The van der Waals surface area contributed by atoms with Gasteiger partial charge in [0.05, 0.1) is 12.3 Å². The van der Waals surface area contributed by atoms with Crippen LogP contribution in [0.2, 0.25) is 0 Å². The first-order valence-corrected chi connectivity index (χ1v) is 5.53. The number of primary amides is 1. The van der Waals surface area contributed by atoms with Crippen LogP contribution >= 0.6 is 0 Å². The summed E-state index contributed by atoms with van der Waals surface area (Å²) < 4.78 is 24.6. The van der Waals surface area contributed by atoms with Gasteiger partial charge in [0.15, 0.2) is 0 Å². The molecule has 3 N–H and O–H groups in total. The van der Waals surface area contributed by atoms with Crippen LogP contribution in [0.3, 0.4) is 0 Å². The first-order valence-electron chi connectivity index (χ1n) is 3.88. The summed E-state index contributed by atoms with van der Waals surface area (Å²) in [7, 11) is -3.39. The lowest BCUT2D eigenvalue weighted by atomic mass is 10.0. The molecule has 0 aliphatic carbocycles. The molecule has 0 saturated heterocycles. The van der Waals surface area contributed by atoms with Gasteiger partial charge in [0.2, 0.25) is 15.9 Å². The molecule has 0 bridgehead atoms. The van der Waals surface area contributed by atoms with Crippen molar-refractivity contribution in [1.82, 2.24) is 4.72 Å². The maximum absolute atomic E-state index is 11.2. The Kier molecular flexibility index (Phi) is 3.87. The van der Waals surface area contributed by atoms with Crippen LogP contribution in [-0.2, 0) is 14.8 Å². The van der Waals surface area contributed by atoms with Gasteiger partial charge in [-0.2, -0.15) is 0 Å². The van der Waals surface area contributed by atoms with Gasteiger partial charge in [-0.05, 0) is 5.41 Å². The highest BCUT2D eigenvalue weighted by molar-refractivity contribution is 7.89. The second-order valence-electron chi connectivity index (χ2n) is 4.11. The summed E-state index contributed by atoms with van der Waals surface area (Å²) in [6, 6.07) is 0. The molecule has 78 valence electrons. The number of carbonyl (C=O) groups is 1. The molecular weight excluding hydrogens is 192 g/mol. The summed E-state index contributed by atoms with van der Waals surface area (Å²) in [6.07, 6.45) is 0. The first-order chi connectivity index (χ1) is 5.62. The van der Waals surface area contributed by atoms with E-state index in [2.05, 4.69) is 4.72 Å². The highest BCUT2D eigenvalue weighted by atomic mass is 32.2. The van der Waals surface area contributed by atoms with E-state index < -0.39 is 15.9 Å². The molecule has 6 heteroatoms. The zero-order chi connectivity index (χ0) is 10.7. The van der Waals surface area contributed by atoms with Crippen LogP contribution in [0.1, 0.15) is 20.8 Å². The van der Waals surface area contributed by atoms with E-state index in [4.69, 9.17) is 5.73 Å². The van der Waals surface area contributed by atoms with Gasteiger partial charge in [-0.3, -0.25) is 4.79 Å². The fourth-order valence-corrected chi connectivity index (χ4v) is 2.41. The summed E-state index contributed by atoms with van der Waals surface area (Å²) in [5.74, 6) is -0.703. The van der Waals surface area contributed by atoms with Crippen LogP contribution in [0, 0.1) is 5.41 Å². The fourth-order valence-electron chi connectivity index (χ4n) is 0.802. The molecule has 0 atom stereocenters. The second kappa shape index (κ2) is 4.06. The molecule has 0 aliphatic rings. The number of carbonyl (C=O) groups excluding carboxylic acids is 1. The number of nitrogens with two attached hydrogens (primary N) is 1. The van der Waals surface area contributed by atoms with Crippen molar-refractivity contribution in [2.24, 2.45) is 11.1 Å². The van der Waals surface area contributed by atoms with Crippen molar-refractivity contribution in [2.75, 3.05) is 12.3 Å². The van der Waals surface area contributed by atoms with Gasteiger partial charge >= 0.3 is 0 Å². The Bertz CT molecular complexity index is 277. The lowest BCUT2D eigenvalue weighted by Gasteiger charge is -2.17. The molecule has 0 fully saturated rings. The number of nitrogens with one attached hydrogen (secondary N) is 1. The van der Waals surface area contributed by atoms with Crippen molar-refractivity contribution in [3.63, 3.8) is 0 Å². The highest BCUT2D eigenvalue weighted by Crippen LogP contribution is 2.14. The first kappa shape index (κ1) is 12.4. The van der Waals surface area contributed by atoms with Crippen LogP contribution in [0.5, 0.6) is 0 Å². The third-order valence-electron chi connectivity index (χ3n) is 1.09. The molecule has 0 spiro atoms. The van der Waals surface area contributed by atoms with Crippen LogP contribution in [0.15, 0.2) is 0 Å². The Labute approximate surface area is 78.7 Å². The second-order valence-corrected chi connectivity index (χ2v) is 5.91. The molecule has 0 rings (SSSR count). The van der Waals surface area contributed by atoms with Gasteiger partial charge in [-0.25, -0.2) is 13.1 Å². The Morgan fingerprint density at radius 2 is 1.85 bits per heavy atom. The predicted molar refractivity (Wildman–Crippen MR) is 50.4 cm³/mol. The van der Waals surface area contributed by atoms with E-state index in [1.165, 1.54) is 0 Å². The van der Waals surface area contributed by atoms with Gasteiger partial charge in [-0.1, -0.05) is 20.8 Å². The van der Waals surface area contributed by atoms with Crippen LogP contribution < -0.4 is 10.5 Å². The number of amides is 1. The number of hydrogen-bond donors (Lipinski definition) is 2. The van der Waals surface area contributed by atoms with Crippen LogP contribution in [0.4, 0.5) is 0 Å². The lowest BCUT2D eigenvalue weighted by Crippen LogP contribution is -2.37. The molecule has 0 aliphatic heterocycles. The number of hydrogen-bond acceptors (Lipinski definition) is 3. The zero-order valence-electron chi connectivity index (χ0n) is 8.12. The third kappa shape index (κ3) is 7.73. The summed E-state index contributed by atoms with van der Waals surface area (Å²) in [6.45, 7) is 5.07. The van der Waals surface area contributed by atoms with Gasteiger partial charge in [-0.15, -0.1) is 0 Å². The van der Waals surface area contributed by atoms with Gasteiger partial charge < -0.3 is 5.73 Å². The van der Waals surface area contributed by atoms with E-state index >= 15 is 0 Å². The van der Waals surface area contributed by atoms with Crippen molar-refractivity contribution in [2.45, 2.75) is 20.8 Å². The average Bonchev–Trinajstić information content (AvgIpc) is 1.78. The standard InChI is InChI=1S/C7H16N2O3S/c1-7(2,3)5-13(11,12)9-4-6(8)10/h9H,4-5H2,1-3H3,(H2,8,10). The minimum Gasteiger partial charge on any atom is -0.369 e. The fraction of sp³-hybridized carbons (Fsp3) is 0.857. The molecule has 0 heterocycles. The summed E-state index contributed by atoms with van der Waals surface area (Å²) >= 11 is 0. The van der Waals surface area contributed by atoms with Crippen LogP contribution in [-0.4, -0.2) is 26.6 Å². The van der Waals surface area contributed by atoms with Crippen molar-refractivity contribution in [1.29, 1.82) is 0 Å². The minimum absolute atomic E-state index is 0.0206. The Balaban J connectivity index is 4.19. The monoisotopic (exact) mass is 208 g/mol. The third-order valence-corrected chi connectivity index (χ3v) is 2.92. The molecular formula is C7H16N2O3S. The van der Waals surface area contributed by atoms with Gasteiger partial charge in [0.25, 0.3) is 0 Å². The minimum atomic E-state index is -3.39. The maximum atomic E-state index is 11.2. The van der Waals surface area contributed by atoms with Crippen molar-refractivity contribution < 1.29 is 13.2 Å².